The first-order valence-electron chi connectivity index (χ1n) is 6.52. The highest BCUT2D eigenvalue weighted by atomic mass is 79.9. The molecule has 1 heterocycles. The molecule has 1 aliphatic rings. The van der Waals surface area contributed by atoms with Gasteiger partial charge in [-0.3, -0.25) is 0 Å². The Morgan fingerprint density at radius 3 is 2.80 bits per heavy atom. The molecule has 0 radical (unpaired) electrons. The summed E-state index contributed by atoms with van der Waals surface area (Å²) in [5.74, 6) is 0.532. The van der Waals surface area contributed by atoms with E-state index in [1.807, 2.05) is 25.1 Å². The molecule has 2 aromatic rings. The number of hydrogen-bond acceptors (Lipinski definition) is 2. The molecule has 0 saturated heterocycles. The van der Waals surface area contributed by atoms with Crippen LogP contribution in [0.15, 0.2) is 40.9 Å². The summed E-state index contributed by atoms with van der Waals surface area (Å²) in [5.41, 5.74) is 9.11. The zero-order valence-corrected chi connectivity index (χ0v) is 12.7. The lowest BCUT2D eigenvalue weighted by Crippen LogP contribution is -2.24. The van der Waals surface area contributed by atoms with E-state index in [-0.39, 0.29) is 18.0 Å². The summed E-state index contributed by atoms with van der Waals surface area (Å²) in [4.78, 5) is 0. The third-order valence-electron chi connectivity index (χ3n) is 3.70. The second kappa shape index (κ2) is 5.19. The van der Waals surface area contributed by atoms with Gasteiger partial charge in [0.15, 0.2) is 0 Å². The van der Waals surface area contributed by atoms with Crippen LogP contribution in [0.1, 0.15) is 35.3 Å². The van der Waals surface area contributed by atoms with Crippen LogP contribution in [0.25, 0.3) is 0 Å². The fraction of sp³-hybridized carbons (Fsp3) is 0.250. The summed E-state index contributed by atoms with van der Waals surface area (Å²) in [6.07, 6.45) is 0.447. The van der Waals surface area contributed by atoms with Gasteiger partial charge < -0.3 is 10.5 Å². The lowest BCUT2D eigenvalue weighted by Gasteiger charge is -2.31. The van der Waals surface area contributed by atoms with Crippen LogP contribution >= 0.6 is 15.9 Å². The molecule has 2 atom stereocenters. The quantitative estimate of drug-likeness (QED) is 0.837. The van der Waals surface area contributed by atoms with Crippen molar-refractivity contribution in [3.8, 4) is 5.75 Å². The van der Waals surface area contributed by atoms with Gasteiger partial charge in [0.25, 0.3) is 0 Å². The SMILES string of the molecule is Cc1ccc(F)cc1C1C[C@@H](N)c2cc(Br)ccc2O1. The van der Waals surface area contributed by atoms with Crippen molar-refractivity contribution >= 4 is 15.9 Å². The van der Waals surface area contributed by atoms with Crippen LogP contribution < -0.4 is 10.5 Å². The Morgan fingerprint density at radius 1 is 1.20 bits per heavy atom. The summed E-state index contributed by atoms with van der Waals surface area (Å²) in [5, 5.41) is 0. The largest absolute Gasteiger partial charge is 0.485 e. The molecule has 20 heavy (non-hydrogen) atoms. The molecule has 3 rings (SSSR count). The van der Waals surface area contributed by atoms with Crippen LogP contribution in [0.5, 0.6) is 5.75 Å². The predicted octanol–water partition coefficient (Wildman–Crippen LogP) is 4.42. The van der Waals surface area contributed by atoms with Crippen molar-refractivity contribution in [2.24, 2.45) is 5.73 Å². The molecule has 104 valence electrons. The van der Waals surface area contributed by atoms with E-state index in [1.54, 1.807) is 6.07 Å². The molecule has 0 spiro atoms. The Hall–Kier alpha value is -1.39. The van der Waals surface area contributed by atoms with Gasteiger partial charge in [-0.2, -0.15) is 0 Å². The maximum atomic E-state index is 13.5. The molecule has 0 fully saturated rings. The standard InChI is InChI=1S/C16H15BrFNO/c1-9-2-4-11(18)7-12(9)16-8-14(19)13-6-10(17)3-5-15(13)20-16/h2-7,14,16H,8,19H2,1H3/t14-,16?/m1/s1. The van der Waals surface area contributed by atoms with Crippen molar-refractivity contribution < 1.29 is 9.13 Å². The third-order valence-corrected chi connectivity index (χ3v) is 4.19. The highest BCUT2D eigenvalue weighted by molar-refractivity contribution is 9.10. The fourth-order valence-electron chi connectivity index (χ4n) is 2.62. The number of hydrogen-bond donors (Lipinski definition) is 1. The molecule has 0 bridgehead atoms. The van der Waals surface area contributed by atoms with Gasteiger partial charge in [0.1, 0.15) is 17.7 Å². The second-order valence-electron chi connectivity index (χ2n) is 5.13. The van der Waals surface area contributed by atoms with E-state index in [4.69, 9.17) is 10.5 Å². The van der Waals surface area contributed by atoms with E-state index >= 15 is 0 Å². The molecule has 2 N–H and O–H groups in total. The van der Waals surface area contributed by atoms with Crippen molar-refractivity contribution in [2.75, 3.05) is 0 Å². The van der Waals surface area contributed by atoms with E-state index in [0.717, 1.165) is 26.9 Å². The number of fused-ring (bicyclic) bond motifs is 1. The number of ether oxygens (including phenoxy) is 1. The smallest absolute Gasteiger partial charge is 0.126 e. The second-order valence-corrected chi connectivity index (χ2v) is 6.05. The maximum Gasteiger partial charge on any atom is 0.126 e. The zero-order valence-electron chi connectivity index (χ0n) is 11.1. The highest BCUT2D eigenvalue weighted by Crippen LogP contribution is 2.41. The Labute approximate surface area is 125 Å². The molecular weight excluding hydrogens is 321 g/mol. The number of nitrogens with two attached hydrogens (primary N) is 1. The minimum Gasteiger partial charge on any atom is -0.485 e. The molecule has 0 aromatic heterocycles. The van der Waals surface area contributed by atoms with Crippen molar-refractivity contribution in [1.29, 1.82) is 0 Å². The van der Waals surface area contributed by atoms with Crippen LogP contribution in [0, 0.1) is 12.7 Å². The van der Waals surface area contributed by atoms with Crippen LogP contribution in [0.2, 0.25) is 0 Å². The van der Waals surface area contributed by atoms with Gasteiger partial charge in [-0.25, -0.2) is 4.39 Å². The average molecular weight is 336 g/mol. The van der Waals surface area contributed by atoms with Crippen LogP contribution in [0.3, 0.4) is 0 Å². The van der Waals surface area contributed by atoms with Gasteiger partial charge in [0, 0.05) is 22.5 Å². The molecule has 0 amide bonds. The number of halogens is 2. The van der Waals surface area contributed by atoms with Crippen molar-refractivity contribution in [1.82, 2.24) is 0 Å². The highest BCUT2D eigenvalue weighted by Gasteiger charge is 2.28. The molecule has 2 nitrogen and oxygen atoms in total. The van der Waals surface area contributed by atoms with Crippen molar-refractivity contribution in [3.63, 3.8) is 0 Å². The molecular formula is C16H15BrFNO. The van der Waals surface area contributed by atoms with E-state index in [0.29, 0.717) is 6.42 Å². The minimum atomic E-state index is -0.246. The average Bonchev–Trinajstić information content (AvgIpc) is 2.42. The summed E-state index contributed by atoms with van der Waals surface area (Å²) >= 11 is 3.44. The molecule has 4 heteroatoms. The molecule has 1 unspecified atom stereocenters. The summed E-state index contributed by atoms with van der Waals surface area (Å²) < 4.78 is 20.4. The molecule has 0 saturated carbocycles. The number of aryl methyl sites for hydroxylation is 1. The van der Waals surface area contributed by atoms with E-state index < -0.39 is 0 Å². The summed E-state index contributed by atoms with van der Waals surface area (Å²) in [6, 6.07) is 10.5. The van der Waals surface area contributed by atoms with Gasteiger partial charge in [-0.15, -0.1) is 0 Å². The Kier molecular flexibility index (Phi) is 3.52. The van der Waals surface area contributed by atoms with Crippen LogP contribution in [0.4, 0.5) is 4.39 Å². The van der Waals surface area contributed by atoms with Gasteiger partial charge in [0.05, 0.1) is 0 Å². The van der Waals surface area contributed by atoms with Gasteiger partial charge in [-0.05, 0) is 48.4 Å². The molecule has 2 aromatic carbocycles. The summed E-state index contributed by atoms with van der Waals surface area (Å²) in [7, 11) is 0. The topological polar surface area (TPSA) is 35.2 Å². The van der Waals surface area contributed by atoms with Gasteiger partial charge in [-0.1, -0.05) is 22.0 Å². The lowest BCUT2D eigenvalue weighted by molar-refractivity contribution is 0.160. The monoisotopic (exact) mass is 335 g/mol. The van der Waals surface area contributed by atoms with Gasteiger partial charge in [0.2, 0.25) is 0 Å². The molecule has 0 aliphatic carbocycles. The zero-order chi connectivity index (χ0) is 14.3. The van der Waals surface area contributed by atoms with Gasteiger partial charge >= 0.3 is 0 Å². The van der Waals surface area contributed by atoms with Crippen molar-refractivity contribution in [2.45, 2.75) is 25.5 Å². The predicted molar refractivity (Wildman–Crippen MR) is 80.2 cm³/mol. The first-order chi connectivity index (χ1) is 9.54. The normalized spacial score (nSPS) is 21.2. The number of rotatable bonds is 1. The van der Waals surface area contributed by atoms with E-state index in [1.165, 1.54) is 12.1 Å². The first kappa shape index (κ1) is 13.6. The summed E-state index contributed by atoms with van der Waals surface area (Å²) in [6.45, 7) is 1.96. The Balaban J connectivity index is 1.99. The molecule has 1 aliphatic heterocycles. The first-order valence-corrected chi connectivity index (χ1v) is 7.31. The number of benzene rings is 2. The van der Waals surface area contributed by atoms with Crippen LogP contribution in [-0.4, -0.2) is 0 Å². The maximum absolute atomic E-state index is 13.5. The van der Waals surface area contributed by atoms with E-state index in [2.05, 4.69) is 15.9 Å². The van der Waals surface area contributed by atoms with Crippen LogP contribution in [-0.2, 0) is 0 Å². The Bertz CT molecular complexity index is 659. The third kappa shape index (κ3) is 2.45. The van der Waals surface area contributed by atoms with Crippen molar-refractivity contribution in [3.05, 3.63) is 63.4 Å². The lowest BCUT2D eigenvalue weighted by atomic mass is 9.92. The minimum absolute atomic E-state index is 0.107. The Morgan fingerprint density at radius 2 is 2.00 bits per heavy atom. The van der Waals surface area contributed by atoms with E-state index in [9.17, 15) is 4.39 Å². The fourth-order valence-corrected chi connectivity index (χ4v) is 3.00.